The second-order valence-corrected chi connectivity index (χ2v) is 6.99. The maximum Gasteiger partial charge on any atom is 0.150 e. The van der Waals surface area contributed by atoms with E-state index in [-0.39, 0.29) is 11.7 Å². The van der Waals surface area contributed by atoms with Gasteiger partial charge in [-0.2, -0.15) is 0 Å². The van der Waals surface area contributed by atoms with Crippen molar-refractivity contribution in [3.8, 4) is 0 Å². The van der Waals surface area contributed by atoms with E-state index in [1.807, 2.05) is 0 Å². The zero-order chi connectivity index (χ0) is 13.3. The Kier molecular flexibility index (Phi) is 3.58. The van der Waals surface area contributed by atoms with Crippen LogP contribution in [0.25, 0.3) is 0 Å². The van der Waals surface area contributed by atoms with Crippen LogP contribution in [-0.2, 0) is 15.5 Å². The van der Waals surface area contributed by atoms with Gasteiger partial charge in [0.25, 0.3) is 0 Å². The van der Waals surface area contributed by atoms with Crippen molar-refractivity contribution in [1.29, 1.82) is 0 Å². The summed E-state index contributed by atoms with van der Waals surface area (Å²) >= 11 is 0. The summed E-state index contributed by atoms with van der Waals surface area (Å²) in [6, 6.07) is 3.50. The van der Waals surface area contributed by atoms with Gasteiger partial charge in [0.1, 0.15) is 5.03 Å². The predicted molar refractivity (Wildman–Crippen MR) is 75.2 cm³/mol. The van der Waals surface area contributed by atoms with Crippen LogP contribution in [-0.4, -0.2) is 26.7 Å². The van der Waals surface area contributed by atoms with Gasteiger partial charge < -0.3 is 10.5 Å². The van der Waals surface area contributed by atoms with E-state index in [1.165, 1.54) is 25.7 Å². The minimum atomic E-state index is -1.16. The van der Waals surface area contributed by atoms with Crippen molar-refractivity contribution in [1.82, 2.24) is 4.98 Å². The highest BCUT2D eigenvalue weighted by molar-refractivity contribution is 7.85. The Bertz CT molecular complexity index is 486. The summed E-state index contributed by atoms with van der Waals surface area (Å²) in [4.78, 5) is 4.13. The molecule has 1 aromatic rings. The molecule has 2 heterocycles. The molecule has 5 heteroatoms. The summed E-state index contributed by atoms with van der Waals surface area (Å²) in [6.07, 6.45) is 8.73. The number of nitrogens with two attached hydrogens (primary N) is 1. The zero-order valence-corrected chi connectivity index (χ0v) is 11.8. The second kappa shape index (κ2) is 5.21. The number of hydrogen-bond acceptors (Lipinski definition) is 4. The van der Waals surface area contributed by atoms with Crippen LogP contribution in [0, 0.1) is 0 Å². The maximum atomic E-state index is 12.3. The number of aromatic nitrogens is 1. The maximum absolute atomic E-state index is 12.3. The molecule has 104 valence electrons. The lowest BCUT2D eigenvalue weighted by Gasteiger charge is -2.23. The summed E-state index contributed by atoms with van der Waals surface area (Å²) in [5.74, 6) is 0.517. The molecule has 1 spiro atoms. The molecule has 1 saturated carbocycles. The first kappa shape index (κ1) is 13.1. The molecule has 4 nitrogen and oxygen atoms in total. The van der Waals surface area contributed by atoms with Crippen molar-refractivity contribution in [2.75, 3.05) is 11.5 Å². The first-order valence-electron chi connectivity index (χ1n) is 6.95. The van der Waals surface area contributed by atoms with Gasteiger partial charge in [-0.25, -0.2) is 4.98 Å². The van der Waals surface area contributed by atoms with Crippen LogP contribution in [0.2, 0.25) is 0 Å². The van der Waals surface area contributed by atoms with Crippen molar-refractivity contribution >= 4 is 16.5 Å². The van der Waals surface area contributed by atoms with E-state index >= 15 is 0 Å². The number of pyridine rings is 1. The normalized spacial score (nSPS) is 26.8. The van der Waals surface area contributed by atoms with Gasteiger partial charge in [-0.05, 0) is 37.8 Å². The van der Waals surface area contributed by atoms with Crippen molar-refractivity contribution in [2.24, 2.45) is 0 Å². The van der Waals surface area contributed by atoms with E-state index in [4.69, 9.17) is 10.5 Å². The summed E-state index contributed by atoms with van der Waals surface area (Å²) < 4.78 is 18.5. The third kappa shape index (κ3) is 2.67. The Hall–Kier alpha value is -0.940. The lowest BCUT2D eigenvalue weighted by molar-refractivity contribution is -0.0270. The third-order valence-electron chi connectivity index (χ3n) is 4.21. The fourth-order valence-electron chi connectivity index (χ4n) is 3.24. The van der Waals surface area contributed by atoms with E-state index in [0.717, 1.165) is 12.8 Å². The summed E-state index contributed by atoms with van der Waals surface area (Å²) in [6.45, 7) is 0. The molecule has 19 heavy (non-hydrogen) atoms. The Balaban J connectivity index is 1.63. The number of rotatable bonds is 3. The molecule has 2 fully saturated rings. The lowest BCUT2D eigenvalue weighted by Crippen LogP contribution is -2.27. The Morgan fingerprint density at radius 1 is 1.42 bits per heavy atom. The van der Waals surface area contributed by atoms with Crippen LogP contribution in [0.3, 0.4) is 0 Å². The fourth-order valence-corrected chi connectivity index (χ4v) is 4.48. The number of anilines is 1. The minimum Gasteiger partial charge on any atom is -0.396 e. The van der Waals surface area contributed by atoms with Gasteiger partial charge in [0, 0.05) is 6.20 Å². The number of hydrogen-bond donors (Lipinski definition) is 1. The average Bonchev–Trinajstić information content (AvgIpc) is 3.01. The van der Waals surface area contributed by atoms with Gasteiger partial charge in [-0.3, -0.25) is 4.21 Å². The standard InChI is InChI=1S/C14H20N2O2S/c15-12-4-3-9-16-13(12)19(17)10-11-5-8-14(18-11)6-1-2-7-14/h3-4,9,11H,1-2,5-8,10,15H2. The van der Waals surface area contributed by atoms with Gasteiger partial charge in [0.05, 0.1) is 33.9 Å². The van der Waals surface area contributed by atoms with Crippen LogP contribution < -0.4 is 5.73 Å². The molecular formula is C14H20N2O2S. The van der Waals surface area contributed by atoms with Gasteiger partial charge in [0.2, 0.25) is 0 Å². The van der Waals surface area contributed by atoms with Crippen molar-refractivity contribution < 1.29 is 8.95 Å². The number of nitrogen functional groups attached to an aromatic ring is 1. The number of nitrogens with zero attached hydrogens (tertiary/aromatic N) is 1. The molecule has 3 rings (SSSR count). The molecule has 1 aliphatic heterocycles. The molecule has 0 amide bonds. The van der Waals surface area contributed by atoms with E-state index in [9.17, 15) is 4.21 Å². The Morgan fingerprint density at radius 3 is 2.95 bits per heavy atom. The van der Waals surface area contributed by atoms with E-state index in [2.05, 4.69) is 4.98 Å². The highest BCUT2D eigenvalue weighted by Crippen LogP contribution is 2.43. The molecule has 1 aliphatic carbocycles. The first-order valence-corrected chi connectivity index (χ1v) is 8.27. The molecule has 0 aromatic carbocycles. The molecule has 0 bridgehead atoms. The third-order valence-corrected chi connectivity index (χ3v) is 5.65. The monoisotopic (exact) mass is 280 g/mol. The quantitative estimate of drug-likeness (QED) is 0.922. The van der Waals surface area contributed by atoms with Crippen LogP contribution in [0.1, 0.15) is 38.5 Å². The summed E-state index contributed by atoms with van der Waals surface area (Å²) in [5.41, 5.74) is 6.43. The molecular weight excluding hydrogens is 260 g/mol. The summed E-state index contributed by atoms with van der Waals surface area (Å²) in [7, 11) is -1.16. The smallest absolute Gasteiger partial charge is 0.150 e. The largest absolute Gasteiger partial charge is 0.396 e. The van der Waals surface area contributed by atoms with Gasteiger partial charge >= 0.3 is 0 Å². The first-order chi connectivity index (χ1) is 9.19. The van der Waals surface area contributed by atoms with Gasteiger partial charge in [-0.15, -0.1) is 0 Å². The topological polar surface area (TPSA) is 65.2 Å². The molecule has 2 aliphatic rings. The van der Waals surface area contributed by atoms with Crippen LogP contribution in [0.15, 0.2) is 23.4 Å². The second-order valence-electron chi connectivity index (χ2n) is 5.58. The van der Waals surface area contributed by atoms with Gasteiger partial charge in [0.15, 0.2) is 0 Å². The SMILES string of the molecule is Nc1cccnc1S(=O)CC1CCC2(CCCC2)O1. The molecule has 1 saturated heterocycles. The Labute approximate surface area is 116 Å². The van der Waals surface area contributed by atoms with Gasteiger partial charge in [-0.1, -0.05) is 12.8 Å². The highest BCUT2D eigenvalue weighted by Gasteiger charge is 2.42. The van der Waals surface area contributed by atoms with Crippen LogP contribution in [0.4, 0.5) is 5.69 Å². The van der Waals surface area contributed by atoms with Crippen molar-refractivity contribution in [2.45, 2.75) is 55.3 Å². The highest BCUT2D eigenvalue weighted by atomic mass is 32.2. The fraction of sp³-hybridized carbons (Fsp3) is 0.643. The van der Waals surface area contributed by atoms with E-state index in [1.54, 1.807) is 18.3 Å². The summed E-state index contributed by atoms with van der Waals surface area (Å²) in [5, 5.41) is 0.499. The van der Waals surface area contributed by atoms with E-state index < -0.39 is 10.8 Å². The molecule has 2 N–H and O–H groups in total. The molecule has 1 aromatic heterocycles. The van der Waals surface area contributed by atoms with Crippen LogP contribution in [0.5, 0.6) is 0 Å². The molecule has 0 radical (unpaired) electrons. The lowest BCUT2D eigenvalue weighted by atomic mass is 9.98. The van der Waals surface area contributed by atoms with Crippen LogP contribution >= 0.6 is 0 Å². The Morgan fingerprint density at radius 2 is 2.21 bits per heavy atom. The molecule has 2 atom stereocenters. The minimum absolute atomic E-state index is 0.0975. The molecule has 2 unspecified atom stereocenters. The van der Waals surface area contributed by atoms with E-state index in [0.29, 0.717) is 16.5 Å². The average molecular weight is 280 g/mol. The number of ether oxygens (including phenoxy) is 1. The predicted octanol–water partition coefficient (Wildman–Crippen LogP) is 2.26. The van der Waals surface area contributed by atoms with Crippen molar-refractivity contribution in [3.05, 3.63) is 18.3 Å². The zero-order valence-electron chi connectivity index (χ0n) is 11.0. The van der Waals surface area contributed by atoms with Crippen molar-refractivity contribution in [3.63, 3.8) is 0 Å².